The second kappa shape index (κ2) is 6.73. The lowest BCUT2D eigenvalue weighted by atomic mass is 9.85. The van der Waals surface area contributed by atoms with Gasteiger partial charge in [-0.1, -0.05) is 74.3 Å². The predicted octanol–water partition coefficient (Wildman–Crippen LogP) is 6.14. The monoisotopic (exact) mass is 331 g/mol. The molecule has 1 unspecified atom stereocenters. The van der Waals surface area contributed by atoms with Gasteiger partial charge in [0.15, 0.2) is 0 Å². The Labute approximate surface area is 142 Å². The molecule has 0 N–H and O–H groups in total. The molecule has 2 aromatic rings. The SMILES string of the molecule is CC(C)(C)c1ccc(CC(C#N)c2ccc(Cl)c(Cl)c2)cc1. The van der Waals surface area contributed by atoms with Crippen molar-refractivity contribution in [3.8, 4) is 6.07 Å². The highest BCUT2D eigenvalue weighted by Gasteiger charge is 2.15. The van der Waals surface area contributed by atoms with E-state index in [2.05, 4.69) is 51.1 Å². The molecular weight excluding hydrogens is 313 g/mol. The van der Waals surface area contributed by atoms with Crippen molar-refractivity contribution in [3.63, 3.8) is 0 Å². The molecule has 22 heavy (non-hydrogen) atoms. The van der Waals surface area contributed by atoms with E-state index in [0.717, 1.165) is 11.1 Å². The minimum Gasteiger partial charge on any atom is -0.198 e. The molecule has 0 amide bonds. The van der Waals surface area contributed by atoms with Crippen molar-refractivity contribution in [3.05, 3.63) is 69.2 Å². The quantitative estimate of drug-likeness (QED) is 0.662. The van der Waals surface area contributed by atoms with Crippen LogP contribution in [0.1, 0.15) is 43.4 Å². The first-order valence-corrected chi connectivity index (χ1v) is 8.01. The average Bonchev–Trinajstić information content (AvgIpc) is 2.47. The summed E-state index contributed by atoms with van der Waals surface area (Å²) in [6.07, 6.45) is 0.666. The minimum atomic E-state index is -0.227. The van der Waals surface area contributed by atoms with Crippen molar-refractivity contribution in [2.45, 2.75) is 38.5 Å². The van der Waals surface area contributed by atoms with Crippen LogP contribution in [0, 0.1) is 11.3 Å². The largest absolute Gasteiger partial charge is 0.198 e. The third-order valence-electron chi connectivity index (χ3n) is 3.76. The highest BCUT2D eigenvalue weighted by atomic mass is 35.5. The molecule has 0 heterocycles. The highest BCUT2D eigenvalue weighted by molar-refractivity contribution is 6.42. The van der Waals surface area contributed by atoms with Crippen LogP contribution in [0.2, 0.25) is 10.0 Å². The number of benzene rings is 2. The molecule has 0 aromatic heterocycles. The van der Waals surface area contributed by atoms with Crippen LogP contribution in [0.5, 0.6) is 0 Å². The van der Waals surface area contributed by atoms with E-state index in [1.807, 2.05) is 6.07 Å². The zero-order valence-electron chi connectivity index (χ0n) is 13.0. The van der Waals surface area contributed by atoms with Crippen molar-refractivity contribution >= 4 is 23.2 Å². The molecule has 0 bridgehead atoms. The number of halogens is 2. The minimum absolute atomic E-state index is 0.136. The molecule has 2 rings (SSSR count). The van der Waals surface area contributed by atoms with E-state index >= 15 is 0 Å². The number of hydrogen-bond donors (Lipinski definition) is 0. The average molecular weight is 332 g/mol. The van der Waals surface area contributed by atoms with Crippen molar-refractivity contribution < 1.29 is 0 Å². The van der Waals surface area contributed by atoms with Gasteiger partial charge in [-0.2, -0.15) is 5.26 Å². The van der Waals surface area contributed by atoms with E-state index in [1.165, 1.54) is 5.56 Å². The molecule has 0 aliphatic carbocycles. The lowest BCUT2D eigenvalue weighted by molar-refractivity contribution is 0.590. The zero-order valence-corrected chi connectivity index (χ0v) is 14.5. The van der Waals surface area contributed by atoms with Gasteiger partial charge in [0.2, 0.25) is 0 Å². The lowest BCUT2D eigenvalue weighted by Crippen LogP contribution is -2.11. The first-order valence-electron chi connectivity index (χ1n) is 7.25. The highest BCUT2D eigenvalue weighted by Crippen LogP contribution is 2.29. The number of nitriles is 1. The summed E-state index contributed by atoms with van der Waals surface area (Å²) in [5, 5.41) is 10.5. The fraction of sp³-hybridized carbons (Fsp3) is 0.316. The molecule has 0 fully saturated rings. The van der Waals surface area contributed by atoms with Gasteiger partial charge in [0.05, 0.1) is 22.0 Å². The molecule has 1 nitrogen and oxygen atoms in total. The van der Waals surface area contributed by atoms with E-state index in [1.54, 1.807) is 12.1 Å². The zero-order chi connectivity index (χ0) is 16.3. The molecule has 114 valence electrons. The van der Waals surface area contributed by atoms with E-state index < -0.39 is 0 Å². The topological polar surface area (TPSA) is 23.8 Å². The van der Waals surface area contributed by atoms with Crippen molar-refractivity contribution in [2.24, 2.45) is 0 Å². The molecule has 0 spiro atoms. The van der Waals surface area contributed by atoms with Crippen LogP contribution in [0.25, 0.3) is 0 Å². The molecule has 2 aromatic carbocycles. The Kier molecular flexibility index (Phi) is 5.16. The van der Waals surface area contributed by atoms with Crippen LogP contribution in [0.15, 0.2) is 42.5 Å². The second-order valence-corrected chi connectivity index (χ2v) is 7.32. The van der Waals surface area contributed by atoms with E-state index in [9.17, 15) is 5.26 Å². The van der Waals surface area contributed by atoms with Crippen LogP contribution >= 0.6 is 23.2 Å². The van der Waals surface area contributed by atoms with Gasteiger partial charge >= 0.3 is 0 Å². The summed E-state index contributed by atoms with van der Waals surface area (Å²) >= 11 is 12.0. The molecule has 1 atom stereocenters. The smallest absolute Gasteiger partial charge is 0.0753 e. The molecule has 0 saturated carbocycles. The van der Waals surface area contributed by atoms with Gasteiger partial charge in [0.1, 0.15) is 0 Å². The first kappa shape index (κ1) is 16.9. The maximum absolute atomic E-state index is 9.46. The molecular formula is C19H19Cl2N. The second-order valence-electron chi connectivity index (χ2n) is 6.51. The summed E-state index contributed by atoms with van der Waals surface area (Å²) in [4.78, 5) is 0. The van der Waals surface area contributed by atoms with Gasteiger partial charge in [-0.25, -0.2) is 0 Å². The first-order chi connectivity index (χ1) is 10.3. The van der Waals surface area contributed by atoms with Crippen LogP contribution in [-0.4, -0.2) is 0 Å². The van der Waals surface area contributed by atoms with E-state index in [-0.39, 0.29) is 11.3 Å². The molecule has 0 saturated heterocycles. The van der Waals surface area contributed by atoms with E-state index in [0.29, 0.717) is 16.5 Å². The number of rotatable bonds is 3. The van der Waals surface area contributed by atoms with Crippen LogP contribution < -0.4 is 0 Å². The maximum Gasteiger partial charge on any atom is 0.0753 e. The standard InChI is InChI=1S/C19H19Cl2N/c1-19(2,3)16-7-4-13(5-8-16)10-15(12-22)14-6-9-17(20)18(21)11-14/h4-9,11,15H,10H2,1-3H3. The van der Waals surface area contributed by atoms with Gasteiger partial charge < -0.3 is 0 Å². The third-order valence-corrected chi connectivity index (χ3v) is 4.50. The molecule has 0 aliphatic heterocycles. The normalized spacial score (nSPS) is 12.7. The van der Waals surface area contributed by atoms with Gasteiger partial charge in [-0.15, -0.1) is 0 Å². The summed E-state index contributed by atoms with van der Waals surface area (Å²) < 4.78 is 0. The molecule has 3 heteroatoms. The number of nitrogens with zero attached hydrogens (tertiary/aromatic N) is 1. The fourth-order valence-corrected chi connectivity index (χ4v) is 2.65. The molecule has 0 radical (unpaired) electrons. The summed E-state index contributed by atoms with van der Waals surface area (Å²) in [7, 11) is 0. The Bertz CT molecular complexity index is 691. The Balaban J connectivity index is 2.20. The van der Waals surface area contributed by atoms with Gasteiger partial charge in [-0.3, -0.25) is 0 Å². The van der Waals surface area contributed by atoms with Crippen LogP contribution in [0.3, 0.4) is 0 Å². The number of hydrogen-bond acceptors (Lipinski definition) is 1. The molecule has 0 aliphatic rings. The predicted molar refractivity (Wildman–Crippen MR) is 93.7 cm³/mol. The van der Waals surface area contributed by atoms with Crippen molar-refractivity contribution in [1.82, 2.24) is 0 Å². The lowest BCUT2D eigenvalue weighted by Gasteiger charge is -2.19. The fourth-order valence-electron chi connectivity index (χ4n) is 2.34. The Hall–Kier alpha value is -1.49. The van der Waals surface area contributed by atoms with Crippen LogP contribution in [-0.2, 0) is 11.8 Å². The summed E-state index contributed by atoms with van der Waals surface area (Å²) in [5.41, 5.74) is 3.47. The maximum atomic E-state index is 9.46. The van der Waals surface area contributed by atoms with Gasteiger partial charge in [-0.05, 0) is 40.7 Å². The Morgan fingerprint density at radius 1 is 1.00 bits per heavy atom. The summed E-state index contributed by atoms with van der Waals surface area (Å²) in [6.45, 7) is 6.57. The van der Waals surface area contributed by atoms with Crippen molar-refractivity contribution in [1.29, 1.82) is 5.26 Å². The summed E-state index contributed by atoms with van der Waals surface area (Å²) in [6, 6.07) is 16.2. The Morgan fingerprint density at radius 3 is 2.14 bits per heavy atom. The Morgan fingerprint density at radius 2 is 1.64 bits per heavy atom. The van der Waals surface area contributed by atoms with Crippen molar-refractivity contribution in [2.75, 3.05) is 0 Å². The summed E-state index contributed by atoms with van der Waals surface area (Å²) in [5.74, 6) is -0.227. The third kappa shape index (κ3) is 4.03. The van der Waals surface area contributed by atoms with Gasteiger partial charge in [0, 0.05) is 0 Å². The van der Waals surface area contributed by atoms with E-state index in [4.69, 9.17) is 23.2 Å². The van der Waals surface area contributed by atoms with Crippen LogP contribution in [0.4, 0.5) is 0 Å². The van der Waals surface area contributed by atoms with Gasteiger partial charge in [0.25, 0.3) is 0 Å².